The first-order valence-corrected chi connectivity index (χ1v) is 9.29. The molecule has 0 aliphatic carbocycles. The number of carbonyl (C=O) groups is 1. The Labute approximate surface area is 139 Å². The van der Waals surface area contributed by atoms with Gasteiger partial charge < -0.3 is 9.80 Å². The molecule has 1 aliphatic rings. The number of amides is 1. The topological polar surface area (TPSA) is 49.3 Å². The Morgan fingerprint density at radius 3 is 3.00 bits per heavy atom. The van der Waals surface area contributed by atoms with Crippen molar-refractivity contribution in [1.29, 1.82) is 0 Å². The largest absolute Gasteiger partial charge is 0.334 e. The van der Waals surface area contributed by atoms with Crippen LogP contribution in [-0.2, 0) is 0 Å². The van der Waals surface area contributed by atoms with Crippen molar-refractivity contribution in [3.63, 3.8) is 0 Å². The van der Waals surface area contributed by atoms with Gasteiger partial charge in [0.25, 0.3) is 5.91 Å². The Morgan fingerprint density at radius 1 is 1.36 bits per heavy atom. The van der Waals surface area contributed by atoms with Gasteiger partial charge in [-0.3, -0.25) is 4.79 Å². The summed E-state index contributed by atoms with van der Waals surface area (Å²) in [5, 5.41) is 0. The SMILES string of the molecule is CN(C)C[C@H]1CSCCCN1C(=O)c1ccc2nsnc2c1. The minimum Gasteiger partial charge on any atom is -0.334 e. The zero-order chi connectivity index (χ0) is 15.5. The van der Waals surface area contributed by atoms with Crippen molar-refractivity contribution in [3.05, 3.63) is 23.8 Å². The van der Waals surface area contributed by atoms with E-state index in [2.05, 4.69) is 27.7 Å². The molecule has 1 aromatic carbocycles. The van der Waals surface area contributed by atoms with Crippen molar-refractivity contribution in [3.8, 4) is 0 Å². The summed E-state index contributed by atoms with van der Waals surface area (Å²) < 4.78 is 8.44. The second-order valence-electron chi connectivity index (χ2n) is 5.81. The van der Waals surface area contributed by atoms with Gasteiger partial charge in [-0.05, 0) is 44.5 Å². The molecule has 1 fully saturated rings. The third kappa shape index (κ3) is 3.42. The number of benzene rings is 1. The molecule has 118 valence electrons. The molecule has 0 N–H and O–H groups in total. The number of aromatic nitrogens is 2. The summed E-state index contributed by atoms with van der Waals surface area (Å²) in [7, 11) is 4.12. The van der Waals surface area contributed by atoms with E-state index in [4.69, 9.17) is 0 Å². The Bertz CT molecular complexity index is 658. The molecular formula is C15H20N4OS2. The molecule has 2 aromatic rings. The van der Waals surface area contributed by atoms with Crippen LogP contribution in [0.25, 0.3) is 11.0 Å². The first-order chi connectivity index (χ1) is 10.6. The maximum absolute atomic E-state index is 13.0. The first-order valence-electron chi connectivity index (χ1n) is 7.41. The molecule has 0 unspecified atom stereocenters. The molecule has 0 radical (unpaired) electrons. The monoisotopic (exact) mass is 336 g/mol. The number of hydrogen-bond acceptors (Lipinski definition) is 6. The van der Waals surface area contributed by atoms with Gasteiger partial charge in [0.15, 0.2) is 0 Å². The fourth-order valence-electron chi connectivity index (χ4n) is 2.75. The van der Waals surface area contributed by atoms with Crippen molar-refractivity contribution in [1.82, 2.24) is 18.5 Å². The molecule has 1 amide bonds. The van der Waals surface area contributed by atoms with E-state index in [0.717, 1.165) is 47.6 Å². The normalized spacial score (nSPS) is 19.6. The average molecular weight is 336 g/mol. The number of nitrogens with zero attached hydrogens (tertiary/aromatic N) is 4. The van der Waals surface area contributed by atoms with Gasteiger partial charge in [0.1, 0.15) is 11.0 Å². The number of thioether (sulfide) groups is 1. The van der Waals surface area contributed by atoms with E-state index in [1.165, 1.54) is 11.7 Å². The Hall–Kier alpha value is -1.18. The van der Waals surface area contributed by atoms with Crippen LogP contribution in [0.1, 0.15) is 16.8 Å². The van der Waals surface area contributed by atoms with Crippen LogP contribution in [0.2, 0.25) is 0 Å². The average Bonchev–Trinajstić information content (AvgIpc) is 2.85. The van der Waals surface area contributed by atoms with Crippen LogP contribution in [0, 0.1) is 0 Å². The number of fused-ring (bicyclic) bond motifs is 1. The van der Waals surface area contributed by atoms with E-state index >= 15 is 0 Å². The summed E-state index contributed by atoms with van der Waals surface area (Å²) in [6, 6.07) is 5.89. The molecule has 22 heavy (non-hydrogen) atoms. The van der Waals surface area contributed by atoms with Crippen molar-refractivity contribution < 1.29 is 4.79 Å². The van der Waals surface area contributed by atoms with Crippen LogP contribution in [0.3, 0.4) is 0 Å². The third-order valence-electron chi connectivity index (χ3n) is 3.78. The first kappa shape index (κ1) is 15.7. The Kier molecular flexibility index (Phi) is 4.95. The quantitative estimate of drug-likeness (QED) is 0.860. The van der Waals surface area contributed by atoms with E-state index < -0.39 is 0 Å². The maximum atomic E-state index is 13.0. The molecular weight excluding hydrogens is 316 g/mol. The van der Waals surface area contributed by atoms with E-state index in [-0.39, 0.29) is 11.9 Å². The molecule has 2 heterocycles. The molecule has 3 rings (SSSR count). The number of rotatable bonds is 3. The van der Waals surface area contributed by atoms with Gasteiger partial charge >= 0.3 is 0 Å². The van der Waals surface area contributed by atoms with Crippen LogP contribution >= 0.6 is 23.5 Å². The fourth-order valence-corrected chi connectivity index (χ4v) is 4.32. The lowest BCUT2D eigenvalue weighted by Gasteiger charge is -2.31. The summed E-state index contributed by atoms with van der Waals surface area (Å²) in [5.41, 5.74) is 2.39. The molecule has 7 heteroatoms. The van der Waals surface area contributed by atoms with E-state index in [0.29, 0.717) is 0 Å². The predicted molar refractivity (Wildman–Crippen MR) is 92.7 cm³/mol. The van der Waals surface area contributed by atoms with Crippen LogP contribution < -0.4 is 0 Å². The number of carbonyl (C=O) groups excluding carboxylic acids is 1. The zero-order valence-electron chi connectivity index (χ0n) is 12.9. The lowest BCUT2D eigenvalue weighted by molar-refractivity contribution is 0.0676. The molecule has 1 atom stereocenters. The highest BCUT2D eigenvalue weighted by molar-refractivity contribution is 7.99. The third-order valence-corrected chi connectivity index (χ3v) is 5.53. The van der Waals surface area contributed by atoms with Crippen LogP contribution in [-0.4, -0.2) is 69.2 Å². The second-order valence-corrected chi connectivity index (χ2v) is 7.49. The summed E-state index contributed by atoms with van der Waals surface area (Å²) in [6.07, 6.45) is 1.06. The maximum Gasteiger partial charge on any atom is 0.254 e. The Balaban J connectivity index is 1.86. The Morgan fingerprint density at radius 2 is 2.18 bits per heavy atom. The highest BCUT2D eigenvalue weighted by Crippen LogP contribution is 2.21. The summed E-state index contributed by atoms with van der Waals surface area (Å²) in [4.78, 5) is 17.2. The summed E-state index contributed by atoms with van der Waals surface area (Å²) in [6.45, 7) is 1.73. The summed E-state index contributed by atoms with van der Waals surface area (Å²) >= 11 is 3.13. The van der Waals surface area contributed by atoms with Crippen LogP contribution in [0.4, 0.5) is 0 Å². The zero-order valence-corrected chi connectivity index (χ0v) is 14.5. The fraction of sp³-hybridized carbons (Fsp3) is 0.533. The highest BCUT2D eigenvalue weighted by atomic mass is 32.2. The standard InChI is InChI=1S/C15H20N4OS2/c1-18(2)9-12-10-21-7-3-6-19(12)15(20)11-4-5-13-14(8-11)17-22-16-13/h4-5,8,12H,3,6-7,9-10H2,1-2H3/t12-/m0/s1. The highest BCUT2D eigenvalue weighted by Gasteiger charge is 2.27. The molecule has 1 aliphatic heterocycles. The van der Waals surface area contributed by atoms with Gasteiger partial charge in [0.2, 0.25) is 0 Å². The molecule has 1 saturated heterocycles. The van der Waals surface area contributed by atoms with Crippen LogP contribution in [0.15, 0.2) is 18.2 Å². The molecule has 0 bridgehead atoms. The van der Waals surface area contributed by atoms with Crippen molar-refractivity contribution in [2.45, 2.75) is 12.5 Å². The number of likely N-dealkylation sites (N-methyl/N-ethyl adjacent to an activating group) is 1. The van der Waals surface area contributed by atoms with Crippen molar-refractivity contribution in [2.24, 2.45) is 0 Å². The minimum absolute atomic E-state index is 0.115. The number of hydrogen-bond donors (Lipinski definition) is 0. The lowest BCUT2D eigenvalue weighted by Crippen LogP contribution is -2.46. The molecule has 0 saturated carbocycles. The van der Waals surface area contributed by atoms with Gasteiger partial charge in [-0.25, -0.2) is 0 Å². The second kappa shape index (κ2) is 6.93. The van der Waals surface area contributed by atoms with Crippen LogP contribution in [0.5, 0.6) is 0 Å². The predicted octanol–water partition coefficient (Wildman–Crippen LogP) is 2.20. The lowest BCUT2D eigenvalue weighted by atomic mass is 10.1. The molecule has 1 aromatic heterocycles. The molecule has 0 spiro atoms. The molecule has 5 nitrogen and oxygen atoms in total. The van der Waals surface area contributed by atoms with Gasteiger partial charge in [-0.2, -0.15) is 20.5 Å². The van der Waals surface area contributed by atoms with Gasteiger partial charge in [0, 0.05) is 24.4 Å². The van der Waals surface area contributed by atoms with Crippen molar-refractivity contribution >= 4 is 40.4 Å². The van der Waals surface area contributed by atoms with E-state index in [1.54, 1.807) is 0 Å². The smallest absolute Gasteiger partial charge is 0.254 e. The van der Waals surface area contributed by atoms with E-state index in [1.807, 2.05) is 34.9 Å². The van der Waals surface area contributed by atoms with Gasteiger partial charge in [-0.15, -0.1) is 0 Å². The van der Waals surface area contributed by atoms with E-state index in [9.17, 15) is 4.79 Å². The minimum atomic E-state index is 0.115. The van der Waals surface area contributed by atoms with Crippen molar-refractivity contribution in [2.75, 3.05) is 38.7 Å². The van der Waals surface area contributed by atoms with Gasteiger partial charge in [0.05, 0.1) is 17.8 Å². The van der Waals surface area contributed by atoms with Gasteiger partial charge in [-0.1, -0.05) is 0 Å². The summed E-state index contributed by atoms with van der Waals surface area (Å²) in [5.74, 6) is 2.25.